The Morgan fingerprint density at radius 1 is 1.50 bits per heavy atom. The normalized spacial score (nSPS) is 21.4. The van der Waals surface area contributed by atoms with E-state index >= 15 is 0 Å². The Balaban J connectivity index is 2.23. The van der Waals surface area contributed by atoms with Crippen LogP contribution in [0, 0.1) is 0 Å². The molecule has 80 valence electrons. The molecule has 1 saturated heterocycles. The van der Waals surface area contributed by atoms with Crippen LogP contribution in [0.5, 0.6) is 0 Å². The second kappa shape index (κ2) is 5.81. The van der Waals surface area contributed by atoms with Crippen LogP contribution < -0.4 is 10.6 Å². The second-order valence-electron chi connectivity index (χ2n) is 4.03. The second-order valence-corrected chi connectivity index (χ2v) is 4.03. The summed E-state index contributed by atoms with van der Waals surface area (Å²) in [5.41, 5.74) is 1.24. The van der Waals surface area contributed by atoms with Gasteiger partial charge in [0.25, 0.3) is 0 Å². The summed E-state index contributed by atoms with van der Waals surface area (Å²) in [6, 6.07) is 0.0364. The topological polar surface area (TPSA) is 41.1 Å². The first-order valence-electron chi connectivity index (χ1n) is 5.34. The number of rotatable bonds is 3. The van der Waals surface area contributed by atoms with Gasteiger partial charge in [0.2, 0.25) is 5.91 Å². The van der Waals surface area contributed by atoms with Crippen LogP contribution in [0.2, 0.25) is 0 Å². The largest absolute Gasteiger partial charge is 0.351 e. The van der Waals surface area contributed by atoms with Crippen LogP contribution >= 0.6 is 0 Å². The van der Waals surface area contributed by atoms with Crippen LogP contribution in [-0.2, 0) is 4.79 Å². The average Bonchev–Trinajstić information content (AvgIpc) is 2.18. The molecule has 1 fully saturated rings. The summed E-state index contributed by atoms with van der Waals surface area (Å²) in [6.45, 7) is 5.69. The third-order valence-corrected chi connectivity index (χ3v) is 2.41. The van der Waals surface area contributed by atoms with Gasteiger partial charge in [-0.15, -0.1) is 0 Å². The number of amides is 1. The van der Waals surface area contributed by atoms with E-state index in [4.69, 9.17) is 0 Å². The summed E-state index contributed by atoms with van der Waals surface area (Å²) in [5.74, 6) is 0.141. The lowest BCUT2D eigenvalue weighted by atomic mass is 10.0. The number of piperidine rings is 1. The SMILES string of the molecule is CC(C)=CCNC(=O)[C@@H]1CCCCN1. The first-order chi connectivity index (χ1) is 6.70. The highest BCUT2D eigenvalue weighted by Crippen LogP contribution is 2.06. The molecule has 1 amide bonds. The van der Waals surface area contributed by atoms with E-state index in [1.54, 1.807) is 0 Å². The van der Waals surface area contributed by atoms with Crippen LogP contribution in [0.25, 0.3) is 0 Å². The standard InChI is InChI=1S/C11H20N2O/c1-9(2)6-8-13-11(14)10-5-3-4-7-12-10/h6,10,12H,3-5,7-8H2,1-2H3,(H,13,14)/t10-/m0/s1. The molecule has 1 rings (SSSR count). The van der Waals surface area contributed by atoms with Crippen LogP contribution in [0.4, 0.5) is 0 Å². The number of hydrogen-bond donors (Lipinski definition) is 2. The molecule has 0 spiro atoms. The van der Waals surface area contributed by atoms with E-state index in [0.29, 0.717) is 6.54 Å². The van der Waals surface area contributed by atoms with Crippen molar-refractivity contribution < 1.29 is 4.79 Å². The molecule has 0 bridgehead atoms. The van der Waals surface area contributed by atoms with Crippen molar-refractivity contribution in [1.29, 1.82) is 0 Å². The number of nitrogens with one attached hydrogen (secondary N) is 2. The lowest BCUT2D eigenvalue weighted by molar-refractivity contribution is -0.123. The molecular weight excluding hydrogens is 176 g/mol. The van der Waals surface area contributed by atoms with Gasteiger partial charge in [0.1, 0.15) is 0 Å². The molecule has 0 unspecified atom stereocenters. The lowest BCUT2D eigenvalue weighted by Gasteiger charge is -2.22. The molecule has 1 atom stereocenters. The van der Waals surface area contributed by atoms with Crippen LogP contribution in [-0.4, -0.2) is 25.0 Å². The molecule has 2 N–H and O–H groups in total. The van der Waals surface area contributed by atoms with Crippen molar-refractivity contribution in [1.82, 2.24) is 10.6 Å². The molecular formula is C11H20N2O. The fourth-order valence-electron chi connectivity index (χ4n) is 1.55. The predicted molar refractivity (Wildman–Crippen MR) is 58.1 cm³/mol. The van der Waals surface area contributed by atoms with E-state index in [2.05, 4.69) is 10.6 Å². The molecule has 0 radical (unpaired) electrons. The van der Waals surface area contributed by atoms with E-state index in [0.717, 1.165) is 19.4 Å². The molecule has 0 aliphatic carbocycles. The van der Waals surface area contributed by atoms with Gasteiger partial charge in [-0.05, 0) is 33.2 Å². The maximum atomic E-state index is 11.6. The lowest BCUT2D eigenvalue weighted by Crippen LogP contribution is -2.46. The van der Waals surface area contributed by atoms with Crippen LogP contribution in [0.3, 0.4) is 0 Å². The van der Waals surface area contributed by atoms with Crippen molar-refractivity contribution in [3.8, 4) is 0 Å². The monoisotopic (exact) mass is 196 g/mol. The fraction of sp³-hybridized carbons (Fsp3) is 0.727. The zero-order valence-electron chi connectivity index (χ0n) is 9.10. The predicted octanol–water partition coefficient (Wildman–Crippen LogP) is 1.21. The van der Waals surface area contributed by atoms with Gasteiger partial charge >= 0.3 is 0 Å². The fourth-order valence-corrected chi connectivity index (χ4v) is 1.55. The smallest absolute Gasteiger partial charge is 0.237 e. The molecule has 1 heterocycles. The highest BCUT2D eigenvalue weighted by molar-refractivity contribution is 5.81. The Morgan fingerprint density at radius 3 is 2.86 bits per heavy atom. The summed E-state index contributed by atoms with van der Waals surface area (Å²) in [7, 11) is 0. The van der Waals surface area contributed by atoms with E-state index in [9.17, 15) is 4.79 Å². The summed E-state index contributed by atoms with van der Waals surface area (Å²) in [4.78, 5) is 11.6. The molecule has 3 heteroatoms. The van der Waals surface area contributed by atoms with Gasteiger partial charge in [-0.25, -0.2) is 0 Å². The molecule has 0 aromatic rings. The first-order valence-corrected chi connectivity index (χ1v) is 5.34. The summed E-state index contributed by atoms with van der Waals surface area (Å²) in [5, 5.41) is 6.13. The Hall–Kier alpha value is -0.830. The Morgan fingerprint density at radius 2 is 2.29 bits per heavy atom. The average molecular weight is 196 g/mol. The van der Waals surface area contributed by atoms with Gasteiger partial charge in [0.15, 0.2) is 0 Å². The van der Waals surface area contributed by atoms with E-state index in [-0.39, 0.29) is 11.9 Å². The van der Waals surface area contributed by atoms with Gasteiger partial charge in [-0.2, -0.15) is 0 Å². The third-order valence-electron chi connectivity index (χ3n) is 2.41. The van der Waals surface area contributed by atoms with Crippen molar-refractivity contribution >= 4 is 5.91 Å². The van der Waals surface area contributed by atoms with Crippen molar-refractivity contribution in [2.24, 2.45) is 0 Å². The van der Waals surface area contributed by atoms with Crippen molar-refractivity contribution in [2.45, 2.75) is 39.2 Å². The van der Waals surface area contributed by atoms with Gasteiger partial charge in [-0.1, -0.05) is 18.1 Å². The maximum Gasteiger partial charge on any atom is 0.237 e. The Kier molecular flexibility index (Phi) is 4.66. The van der Waals surface area contributed by atoms with Crippen LogP contribution in [0.15, 0.2) is 11.6 Å². The molecule has 14 heavy (non-hydrogen) atoms. The molecule has 1 aliphatic rings. The maximum absolute atomic E-state index is 11.6. The van der Waals surface area contributed by atoms with Gasteiger partial charge < -0.3 is 10.6 Å². The first kappa shape index (κ1) is 11.2. The van der Waals surface area contributed by atoms with Gasteiger partial charge in [0.05, 0.1) is 6.04 Å². The molecule has 3 nitrogen and oxygen atoms in total. The molecule has 0 saturated carbocycles. The highest BCUT2D eigenvalue weighted by atomic mass is 16.2. The highest BCUT2D eigenvalue weighted by Gasteiger charge is 2.19. The minimum Gasteiger partial charge on any atom is -0.351 e. The van der Waals surface area contributed by atoms with Gasteiger partial charge in [-0.3, -0.25) is 4.79 Å². The quantitative estimate of drug-likeness (QED) is 0.666. The van der Waals surface area contributed by atoms with Crippen molar-refractivity contribution in [3.05, 3.63) is 11.6 Å². The van der Waals surface area contributed by atoms with E-state index < -0.39 is 0 Å². The molecule has 0 aromatic heterocycles. The number of carbonyl (C=O) groups is 1. The van der Waals surface area contributed by atoms with Crippen molar-refractivity contribution in [3.63, 3.8) is 0 Å². The van der Waals surface area contributed by atoms with E-state index in [1.165, 1.54) is 12.0 Å². The summed E-state index contributed by atoms with van der Waals surface area (Å²) >= 11 is 0. The molecule has 1 aliphatic heterocycles. The molecule has 0 aromatic carbocycles. The van der Waals surface area contributed by atoms with Gasteiger partial charge in [0, 0.05) is 6.54 Å². The third kappa shape index (κ3) is 3.92. The van der Waals surface area contributed by atoms with E-state index in [1.807, 2.05) is 19.9 Å². The van der Waals surface area contributed by atoms with Crippen molar-refractivity contribution in [2.75, 3.05) is 13.1 Å². The minimum atomic E-state index is 0.0364. The zero-order chi connectivity index (χ0) is 10.4. The summed E-state index contributed by atoms with van der Waals surface area (Å²) < 4.78 is 0. The Labute approximate surface area is 86.0 Å². The van der Waals surface area contributed by atoms with Crippen LogP contribution in [0.1, 0.15) is 33.1 Å². The zero-order valence-corrected chi connectivity index (χ0v) is 9.10. The minimum absolute atomic E-state index is 0.0364. The Bertz CT molecular complexity index is 213. The number of carbonyl (C=O) groups excluding carboxylic acids is 1. The summed E-state index contributed by atoms with van der Waals surface area (Å²) in [6.07, 6.45) is 5.35. The number of hydrogen-bond acceptors (Lipinski definition) is 2. The number of allylic oxidation sites excluding steroid dienone is 1.